The van der Waals surface area contributed by atoms with Crippen LogP contribution < -0.4 is 5.73 Å². The van der Waals surface area contributed by atoms with E-state index in [9.17, 15) is 14.6 Å². The first-order valence-corrected chi connectivity index (χ1v) is 14.5. The summed E-state index contributed by atoms with van der Waals surface area (Å²) in [7, 11) is -0.670. The molecule has 4 atom stereocenters. The minimum Gasteiger partial charge on any atom is -0.392 e. The number of nitrogen functional groups attached to an aromatic ring is 1. The molecular formula is C20H26N5O5PS2. The van der Waals surface area contributed by atoms with Gasteiger partial charge in [0, 0.05) is 11.0 Å². The molecule has 4 N–H and O–H groups in total. The van der Waals surface area contributed by atoms with Crippen LogP contribution in [0.3, 0.4) is 0 Å². The highest BCUT2D eigenvalue weighted by Gasteiger charge is 2.32. The van der Waals surface area contributed by atoms with Crippen LogP contribution in [0.2, 0.25) is 0 Å². The molecule has 0 saturated carbocycles. The third-order valence-corrected chi connectivity index (χ3v) is 9.15. The average molecular weight is 512 g/mol. The van der Waals surface area contributed by atoms with Gasteiger partial charge in [-0.25, -0.2) is 15.0 Å². The fourth-order valence-electron chi connectivity index (χ4n) is 3.63. The largest absolute Gasteiger partial charge is 0.392 e. The Balaban J connectivity index is 1.32. The minimum atomic E-state index is -3.96. The standard InChI is InChI=1S/C20H26N5O5PS2/c1-13(7-25-11-24-18-19(21)22-10-23-20(18)25)29-12-31(27,28)30-15-6-17(33-32-9-15)16-5-3-2-4-14(16)8-26/h2-5,10-11,13,15,17,26H,6-9,12H2,1H3,(H,27,28)(H2,21,22,23). The molecule has 0 radical (unpaired) electrons. The molecule has 0 bridgehead atoms. The summed E-state index contributed by atoms with van der Waals surface area (Å²) in [5, 5.41) is 9.69. The topological polar surface area (TPSA) is 146 Å². The van der Waals surface area contributed by atoms with Crippen molar-refractivity contribution >= 4 is 46.2 Å². The number of benzene rings is 1. The van der Waals surface area contributed by atoms with Gasteiger partial charge >= 0.3 is 7.60 Å². The molecule has 0 aliphatic carbocycles. The third-order valence-electron chi connectivity index (χ3n) is 5.21. The van der Waals surface area contributed by atoms with Gasteiger partial charge in [0.1, 0.15) is 18.2 Å². The Labute approximate surface area is 199 Å². The molecule has 1 fully saturated rings. The predicted octanol–water partition coefficient (Wildman–Crippen LogP) is 3.36. The molecule has 10 nitrogen and oxygen atoms in total. The van der Waals surface area contributed by atoms with Crippen LogP contribution in [0.5, 0.6) is 0 Å². The summed E-state index contributed by atoms with van der Waals surface area (Å²) in [5.74, 6) is 0.897. The Morgan fingerprint density at radius 1 is 1.33 bits per heavy atom. The van der Waals surface area contributed by atoms with E-state index in [1.54, 1.807) is 39.4 Å². The number of imidazole rings is 1. The molecule has 2 aromatic heterocycles. The van der Waals surface area contributed by atoms with Crippen LogP contribution in [-0.2, 0) is 27.0 Å². The van der Waals surface area contributed by atoms with Gasteiger partial charge in [-0.05, 0) is 24.5 Å². The van der Waals surface area contributed by atoms with Gasteiger partial charge in [0.15, 0.2) is 11.5 Å². The van der Waals surface area contributed by atoms with Gasteiger partial charge in [-0.1, -0.05) is 45.9 Å². The maximum Gasteiger partial charge on any atom is 0.353 e. The van der Waals surface area contributed by atoms with Crippen LogP contribution >= 0.6 is 29.2 Å². The van der Waals surface area contributed by atoms with E-state index in [0.29, 0.717) is 35.7 Å². The van der Waals surface area contributed by atoms with Gasteiger partial charge in [-0.3, -0.25) is 4.57 Å². The fraction of sp³-hybridized carbons (Fsp3) is 0.450. The number of hydrogen-bond acceptors (Lipinski definition) is 10. The summed E-state index contributed by atoms with van der Waals surface area (Å²) in [6.07, 6.45) is 2.35. The normalized spacial score (nSPS) is 21.7. The lowest BCUT2D eigenvalue weighted by molar-refractivity contribution is 0.0659. The number of nitrogens with two attached hydrogens (primary N) is 1. The summed E-state index contributed by atoms with van der Waals surface area (Å²) in [4.78, 5) is 22.7. The molecule has 1 aromatic carbocycles. The van der Waals surface area contributed by atoms with Gasteiger partial charge in [0.05, 0.1) is 31.7 Å². The lowest BCUT2D eigenvalue weighted by atomic mass is 10.0. The summed E-state index contributed by atoms with van der Waals surface area (Å²) in [6.45, 7) is 2.13. The van der Waals surface area contributed by atoms with Gasteiger partial charge in [0.25, 0.3) is 0 Å². The smallest absolute Gasteiger partial charge is 0.353 e. The molecule has 1 aliphatic rings. The lowest BCUT2D eigenvalue weighted by Gasteiger charge is -2.30. The SMILES string of the molecule is CC(Cn1cnc2c(N)ncnc21)OCP(=O)(O)OC1CSSC(c2ccccc2CO)C1. The van der Waals surface area contributed by atoms with E-state index in [1.807, 2.05) is 24.3 Å². The number of nitrogens with zero attached hydrogens (tertiary/aromatic N) is 4. The van der Waals surface area contributed by atoms with Crippen LogP contribution in [0.25, 0.3) is 11.2 Å². The summed E-state index contributed by atoms with van der Waals surface area (Å²) >= 11 is 0. The second-order valence-corrected chi connectivity index (χ2v) is 12.1. The highest BCUT2D eigenvalue weighted by atomic mass is 33.1. The van der Waals surface area contributed by atoms with Gasteiger partial charge in [-0.2, -0.15) is 0 Å². The van der Waals surface area contributed by atoms with E-state index in [0.717, 1.165) is 11.1 Å². The van der Waals surface area contributed by atoms with Crippen molar-refractivity contribution in [3.63, 3.8) is 0 Å². The van der Waals surface area contributed by atoms with E-state index in [1.165, 1.54) is 6.33 Å². The van der Waals surface area contributed by atoms with Crippen molar-refractivity contribution in [2.75, 3.05) is 17.8 Å². The van der Waals surface area contributed by atoms with Crippen molar-refractivity contribution in [3.05, 3.63) is 48.0 Å². The predicted molar refractivity (Wildman–Crippen MR) is 130 cm³/mol. The van der Waals surface area contributed by atoms with Crippen molar-refractivity contribution < 1.29 is 23.8 Å². The summed E-state index contributed by atoms with van der Waals surface area (Å²) < 4.78 is 25.7. The van der Waals surface area contributed by atoms with Crippen LogP contribution in [0.4, 0.5) is 5.82 Å². The highest BCUT2D eigenvalue weighted by molar-refractivity contribution is 8.76. The van der Waals surface area contributed by atoms with Crippen LogP contribution in [-0.4, -0.2) is 53.8 Å². The quantitative estimate of drug-likeness (QED) is 0.287. The molecule has 1 saturated heterocycles. The van der Waals surface area contributed by atoms with E-state index in [-0.39, 0.29) is 24.1 Å². The molecule has 3 aromatic rings. The maximum absolute atomic E-state index is 12.7. The van der Waals surface area contributed by atoms with Crippen molar-refractivity contribution in [3.8, 4) is 0 Å². The molecule has 3 heterocycles. The number of aliphatic hydroxyl groups is 1. The summed E-state index contributed by atoms with van der Waals surface area (Å²) in [5.41, 5.74) is 8.78. The molecular weight excluding hydrogens is 485 g/mol. The fourth-order valence-corrected chi connectivity index (χ4v) is 7.82. The number of aromatic nitrogens is 4. The molecule has 4 rings (SSSR count). The Morgan fingerprint density at radius 3 is 2.97 bits per heavy atom. The number of anilines is 1. The van der Waals surface area contributed by atoms with Crippen molar-refractivity contribution in [1.82, 2.24) is 19.5 Å². The Hall–Kier alpha value is -1.66. The molecule has 4 unspecified atom stereocenters. The highest BCUT2D eigenvalue weighted by Crippen LogP contribution is 2.52. The van der Waals surface area contributed by atoms with Crippen molar-refractivity contribution in [2.24, 2.45) is 0 Å². The zero-order valence-electron chi connectivity index (χ0n) is 18.0. The Morgan fingerprint density at radius 2 is 2.15 bits per heavy atom. The molecule has 33 heavy (non-hydrogen) atoms. The van der Waals surface area contributed by atoms with Crippen molar-refractivity contribution in [2.45, 2.75) is 44.0 Å². The van der Waals surface area contributed by atoms with E-state index >= 15 is 0 Å². The van der Waals surface area contributed by atoms with Gasteiger partial charge < -0.3 is 29.6 Å². The van der Waals surface area contributed by atoms with E-state index < -0.39 is 13.9 Å². The zero-order chi connectivity index (χ0) is 23.4. The van der Waals surface area contributed by atoms with E-state index in [4.69, 9.17) is 15.0 Å². The summed E-state index contributed by atoms with van der Waals surface area (Å²) in [6, 6.07) is 7.69. The lowest BCUT2D eigenvalue weighted by Crippen LogP contribution is -2.23. The Kier molecular flexibility index (Phi) is 7.95. The second-order valence-electron chi connectivity index (χ2n) is 7.76. The second kappa shape index (κ2) is 10.7. The van der Waals surface area contributed by atoms with E-state index in [2.05, 4.69) is 15.0 Å². The molecule has 178 valence electrons. The minimum absolute atomic E-state index is 0.0432. The monoisotopic (exact) mass is 511 g/mol. The number of hydrogen-bond donors (Lipinski definition) is 3. The number of fused-ring (bicyclic) bond motifs is 1. The maximum atomic E-state index is 12.7. The molecule has 13 heteroatoms. The Bertz CT molecular complexity index is 1150. The third kappa shape index (κ3) is 6.07. The number of aliphatic hydroxyl groups excluding tert-OH is 1. The van der Waals surface area contributed by atoms with Crippen LogP contribution in [0, 0.1) is 0 Å². The zero-order valence-corrected chi connectivity index (χ0v) is 20.5. The average Bonchev–Trinajstić information content (AvgIpc) is 3.21. The van der Waals surface area contributed by atoms with Crippen LogP contribution in [0.1, 0.15) is 29.7 Å². The van der Waals surface area contributed by atoms with Gasteiger partial charge in [0.2, 0.25) is 0 Å². The first-order valence-electron chi connectivity index (χ1n) is 10.4. The molecule has 1 aliphatic heterocycles. The molecule has 0 spiro atoms. The number of ether oxygens (including phenoxy) is 1. The first-order chi connectivity index (χ1) is 15.9. The van der Waals surface area contributed by atoms with Crippen LogP contribution in [0.15, 0.2) is 36.9 Å². The van der Waals surface area contributed by atoms with Gasteiger partial charge in [-0.15, -0.1) is 0 Å². The number of rotatable bonds is 9. The van der Waals surface area contributed by atoms with Crippen molar-refractivity contribution in [1.29, 1.82) is 0 Å². The molecule has 0 amide bonds. The first kappa shape index (κ1) is 24.5.